The van der Waals surface area contributed by atoms with E-state index in [-0.39, 0.29) is 21.5 Å². The van der Waals surface area contributed by atoms with Crippen molar-refractivity contribution in [2.75, 3.05) is 0 Å². The van der Waals surface area contributed by atoms with Gasteiger partial charge in [0.25, 0.3) is 5.56 Å². The minimum absolute atomic E-state index is 0.0553. The highest BCUT2D eigenvalue weighted by molar-refractivity contribution is 7.99. The third-order valence-corrected chi connectivity index (χ3v) is 7.58. The zero-order chi connectivity index (χ0) is 23.5. The Morgan fingerprint density at radius 1 is 1.21 bits per heavy atom. The van der Waals surface area contributed by atoms with Crippen molar-refractivity contribution in [3.8, 4) is 5.88 Å². The van der Waals surface area contributed by atoms with Gasteiger partial charge in [-0.3, -0.25) is 19.3 Å². The number of hydrogen-bond acceptors (Lipinski definition) is 5. The van der Waals surface area contributed by atoms with Gasteiger partial charge in [0.15, 0.2) is 4.77 Å². The lowest BCUT2D eigenvalue weighted by atomic mass is 9.98. The Hall–Kier alpha value is -2.64. The lowest BCUT2D eigenvalue weighted by molar-refractivity contribution is 0.398. The maximum atomic E-state index is 13.0. The molecule has 2 N–H and O–H groups in total. The van der Waals surface area contributed by atoms with Crippen LogP contribution in [-0.4, -0.2) is 20.4 Å². The van der Waals surface area contributed by atoms with Crippen LogP contribution in [0.3, 0.4) is 0 Å². The largest absolute Gasteiger partial charge is 0.494 e. The number of hydrogen-bond donors (Lipinski definition) is 2. The second kappa shape index (κ2) is 10.1. The van der Waals surface area contributed by atoms with Gasteiger partial charge in [-0.05, 0) is 47.8 Å². The third-order valence-electron chi connectivity index (χ3n) is 5.94. The molecule has 4 rings (SSSR count). The van der Waals surface area contributed by atoms with E-state index in [4.69, 9.17) is 17.2 Å². The molecule has 1 atom stereocenters. The van der Waals surface area contributed by atoms with Gasteiger partial charge in [-0.15, -0.1) is 11.8 Å². The zero-order valence-corrected chi connectivity index (χ0v) is 20.8. The van der Waals surface area contributed by atoms with E-state index in [1.165, 1.54) is 11.1 Å². The first-order valence-electron chi connectivity index (χ1n) is 11.4. The van der Waals surface area contributed by atoms with Crippen LogP contribution in [0, 0.1) is 4.77 Å². The topological polar surface area (TPSA) is 70.4 Å². The van der Waals surface area contributed by atoms with Crippen LogP contribution in [0.2, 0.25) is 0 Å². The lowest BCUT2D eigenvalue weighted by Crippen LogP contribution is -2.24. The molecule has 0 amide bonds. The van der Waals surface area contributed by atoms with E-state index < -0.39 is 5.56 Å². The van der Waals surface area contributed by atoms with Gasteiger partial charge in [0.2, 0.25) is 5.88 Å². The molecule has 0 radical (unpaired) electrons. The number of aromatic amines is 1. The fraction of sp³-hybridized carbons (Fsp3) is 0.346. The minimum Gasteiger partial charge on any atom is -0.494 e. The van der Waals surface area contributed by atoms with Crippen LogP contribution < -0.4 is 5.56 Å². The normalized spacial score (nSPS) is 15.8. The maximum Gasteiger partial charge on any atom is 0.264 e. The van der Waals surface area contributed by atoms with Crippen LogP contribution in [0.1, 0.15) is 67.9 Å². The molecular formula is C26H29N3O2S2. The summed E-state index contributed by atoms with van der Waals surface area (Å²) in [5.74, 6) is 0.360. The molecule has 1 aliphatic heterocycles. The van der Waals surface area contributed by atoms with Gasteiger partial charge >= 0.3 is 0 Å². The number of nitrogens with one attached hydrogen (secondary N) is 1. The van der Waals surface area contributed by atoms with Crippen molar-refractivity contribution in [3.63, 3.8) is 0 Å². The molecule has 1 aromatic heterocycles. The van der Waals surface area contributed by atoms with Crippen molar-refractivity contribution in [1.82, 2.24) is 9.55 Å². The van der Waals surface area contributed by atoms with Crippen molar-refractivity contribution in [3.05, 3.63) is 80.3 Å². The first kappa shape index (κ1) is 23.5. The number of H-pyrrole nitrogens is 1. The first-order valence-corrected chi connectivity index (χ1v) is 12.7. The number of aromatic nitrogens is 2. The zero-order valence-electron chi connectivity index (χ0n) is 19.2. The van der Waals surface area contributed by atoms with Gasteiger partial charge < -0.3 is 5.11 Å². The van der Waals surface area contributed by atoms with Crippen molar-refractivity contribution in [2.45, 2.75) is 62.6 Å². The summed E-state index contributed by atoms with van der Waals surface area (Å²) in [6.45, 7) is 6.99. The molecule has 0 spiro atoms. The van der Waals surface area contributed by atoms with E-state index >= 15 is 0 Å². The summed E-state index contributed by atoms with van der Waals surface area (Å²) in [5.41, 5.74) is 3.65. The first-order chi connectivity index (χ1) is 15.9. The number of thioether (sulfide) groups is 1. The molecule has 1 aliphatic rings. The van der Waals surface area contributed by atoms with Gasteiger partial charge in [-0.25, -0.2) is 0 Å². The number of fused-ring (bicyclic) bond motifs is 1. The van der Waals surface area contributed by atoms with Crippen molar-refractivity contribution < 1.29 is 5.11 Å². The van der Waals surface area contributed by atoms with Crippen molar-refractivity contribution in [2.24, 2.45) is 4.99 Å². The van der Waals surface area contributed by atoms with Gasteiger partial charge in [0.1, 0.15) is 5.56 Å². The quantitative estimate of drug-likeness (QED) is 0.378. The predicted molar refractivity (Wildman–Crippen MR) is 139 cm³/mol. The van der Waals surface area contributed by atoms with E-state index in [2.05, 4.69) is 56.1 Å². The molecule has 33 heavy (non-hydrogen) atoms. The summed E-state index contributed by atoms with van der Waals surface area (Å²) in [5, 5.41) is 11.2. The highest BCUT2D eigenvalue weighted by Gasteiger charge is 2.27. The fourth-order valence-corrected chi connectivity index (χ4v) is 5.50. The van der Waals surface area contributed by atoms with Gasteiger partial charge in [0, 0.05) is 23.1 Å². The number of nitrogens with zero attached hydrogens (tertiary/aromatic N) is 2. The summed E-state index contributed by atoms with van der Waals surface area (Å²) in [4.78, 5) is 21.7. The van der Waals surface area contributed by atoms with Crippen LogP contribution in [0.15, 0.2) is 63.2 Å². The summed E-state index contributed by atoms with van der Waals surface area (Å²) in [6.07, 6.45) is 2.32. The molecule has 0 bridgehead atoms. The second-order valence-corrected chi connectivity index (χ2v) is 10.3. The molecular weight excluding hydrogens is 450 g/mol. The molecule has 2 heterocycles. The van der Waals surface area contributed by atoms with Gasteiger partial charge in [-0.2, -0.15) is 0 Å². The molecule has 172 valence electrons. The van der Waals surface area contributed by atoms with Gasteiger partial charge in [0.05, 0.1) is 11.4 Å². The maximum absolute atomic E-state index is 13.0. The van der Waals surface area contributed by atoms with Crippen LogP contribution in [0.25, 0.3) is 0 Å². The van der Waals surface area contributed by atoms with E-state index in [0.717, 1.165) is 23.4 Å². The van der Waals surface area contributed by atoms with Gasteiger partial charge in [-0.1, -0.05) is 63.6 Å². The Morgan fingerprint density at radius 3 is 2.64 bits per heavy atom. The SMILES string of the molecule is CCCCn1c(O)c(C2=Nc3ccccc3SC(c3ccc(C(C)C)cc3)C2)c(=O)[nH]c1=S. The summed E-state index contributed by atoms with van der Waals surface area (Å²) >= 11 is 7.07. The van der Waals surface area contributed by atoms with Crippen LogP contribution in [0.5, 0.6) is 5.88 Å². The second-order valence-electron chi connectivity index (χ2n) is 8.62. The molecule has 2 aromatic carbocycles. The van der Waals surface area contributed by atoms with Crippen molar-refractivity contribution in [1.29, 1.82) is 0 Å². The minimum atomic E-state index is -0.401. The number of unbranched alkanes of at least 4 members (excludes halogenated alkanes) is 1. The van der Waals surface area contributed by atoms with Crippen molar-refractivity contribution >= 4 is 35.4 Å². The average molecular weight is 480 g/mol. The highest BCUT2D eigenvalue weighted by atomic mass is 32.2. The molecule has 0 aliphatic carbocycles. The summed E-state index contributed by atoms with van der Waals surface area (Å²) in [7, 11) is 0. The smallest absolute Gasteiger partial charge is 0.264 e. The predicted octanol–water partition coefficient (Wildman–Crippen LogP) is 6.89. The van der Waals surface area contributed by atoms with E-state index in [0.29, 0.717) is 24.6 Å². The lowest BCUT2D eigenvalue weighted by Gasteiger charge is -2.18. The number of para-hydroxylation sites is 1. The standard InChI is InChI=1S/C26H29N3O2S2/c1-4-5-14-29-25(31)23(24(30)28-26(29)32)20-15-22(18-12-10-17(11-13-18)16(2)3)33-21-9-7-6-8-19(21)27-20/h6-13,16,22,31H,4-5,14-15H2,1-3H3,(H,28,30,32). The molecule has 0 fully saturated rings. The monoisotopic (exact) mass is 479 g/mol. The Balaban J connectivity index is 1.83. The van der Waals surface area contributed by atoms with Crippen LogP contribution in [0.4, 0.5) is 5.69 Å². The van der Waals surface area contributed by atoms with E-state index in [1.54, 1.807) is 16.3 Å². The Morgan fingerprint density at radius 2 is 1.94 bits per heavy atom. The number of aromatic hydroxyl groups is 1. The summed E-state index contributed by atoms with van der Waals surface area (Å²) < 4.78 is 1.84. The molecule has 5 nitrogen and oxygen atoms in total. The molecule has 7 heteroatoms. The number of benzene rings is 2. The van der Waals surface area contributed by atoms with E-state index in [1.807, 2.05) is 18.2 Å². The molecule has 0 saturated heterocycles. The third kappa shape index (κ3) is 4.99. The molecule has 0 saturated carbocycles. The summed E-state index contributed by atoms with van der Waals surface area (Å²) in [6, 6.07) is 16.6. The van der Waals surface area contributed by atoms with Crippen LogP contribution in [-0.2, 0) is 6.54 Å². The number of aliphatic imine (C=N–C) groups is 1. The van der Waals surface area contributed by atoms with Crippen LogP contribution >= 0.6 is 24.0 Å². The fourth-order valence-electron chi connectivity index (χ4n) is 3.99. The Labute approximate surface area is 203 Å². The average Bonchev–Trinajstić information content (AvgIpc) is 2.98. The number of rotatable bonds is 6. The van der Waals surface area contributed by atoms with E-state index in [9.17, 15) is 9.90 Å². The molecule has 3 aromatic rings. The highest BCUT2D eigenvalue weighted by Crippen LogP contribution is 2.45. The Bertz CT molecular complexity index is 1290. The Kier molecular flexibility index (Phi) is 7.20. The molecule has 1 unspecified atom stereocenters.